The highest BCUT2D eigenvalue weighted by atomic mass is 19.4. The fourth-order valence-corrected chi connectivity index (χ4v) is 3.87. The Kier molecular flexibility index (Phi) is 6.05. The highest BCUT2D eigenvalue weighted by Gasteiger charge is 2.37. The van der Waals surface area contributed by atoms with Gasteiger partial charge in [0.25, 0.3) is 5.91 Å². The number of hydrogen-bond acceptors (Lipinski definition) is 3. The van der Waals surface area contributed by atoms with Gasteiger partial charge in [-0.15, -0.1) is 0 Å². The topological polar surface area (TPSA) is 58.6 Å². The summed E-state index contributed by atoms with van der Waals surface area (Å²) < 4.78 is 57.6. The number of benzene rings is 1. The maximum absolute atomic E-state index is 15.1. The summed E-state index contributed by atoms with van der Waals surface area (Å²) in [7, 11) is 0. The van der Waals surface area contributed by atoms with E-state index in [2.05, 4.69) is 5.32 Å². The van der Waals surface area contributed by atoms with Crippen LogP contribution in [0.25, 0.3) is 0 Å². The van der Waals surface area contributed by atoms with Gasteiger partial charge < -0.3 is 15.0 Å². The van der Waals surface area contributed by atoms with Gasteiger partial charge in [0.15, 0.2) is 17.7 Å². The molecule has 3 rings (SSSR count). The molecule has 9 heteroatoms. The molecule has 0 bridgehead atoms. The number of carbonyl (C=O) groups is 2. The zero-order valence-electron chi connectivity index (χ0n) is 16.4. The number of rotatable bonds is 5. The molecule has 1 N–H and O–H groups in total. The molecule has 0 saturated heterocycles. The third-order valence-electron chi connectivity index (χ3n) is 5.41. The van der Waals surface area contributed by atoms with Crippen LogP contribution in [0.3, 0.4) is 0 Å². The summed E-state index contributed by atoms with van der Waals surface area (Å²) in [5.74, 6) is -1.90. The minimum absolute atomic E-state index is 0.160. The van der Waals surface area contributed by atoms with Gasteiger partial charge in [-0.1, -0.05) is 12.8 Å². The molecule has 160 valence electrons. The van der Waals surface area contributed by atoms with Crippen molar-refractivity contribution in [2.75, 3.05) is 16.8 Å². The van der Waals surface area contributed by atoms with Gasteiger partial charge in [-0.05, 0) is 44.2 Å². The van der Waals surface area contributed by atoms with Crippen molar-refractivity contribution < 1.29 is 31.9 Å². The molecular formula is C20H24F4N2O3. The second kappa shape index (κ2) is 8.20. The Morgan fingerprint density at radius 3 is 2.59 bits per heavy atom. The van der Waals surface area contributed by atoms with Crippen molar-refractivity contribution in [2.45, 2.75) is 64.7 Å². The third kappa shape index (κ3) is 4.82. The van der Waals surface area contributed by atoms with Crippen LogP contribution in [0, 0.1) is 18.7 Å². The van der Waals surface area contributed by atoms with E-state index in [1.54, 1.807) is 0 Å². The van der Waals surface area contributed by atoms with Crippen molar-refractivity contribution >= 4 is 23.2 Å². The molecule has 1 unspecified atom stereocenters. The van der Waals surface area contributed by atoms with Crippen LogP contribution in [-0.4, -0.2) is 30.6 Å². The molecule has 1 fully saturated rings. The van der Waals surface area contributed by atoms with Crippen molar-refractivity contribution in [3.8, 4) is 5.75 Å². The number of nitrogens with zero attached hydrogens (tertiary/aromatic N) is 1. The Balaban J connectivity index is 1.87. The van der Waals surface area contributed by atoms with Crippen LogP contribution in [0.2, 0.25) is 0 Å². The zero-order chi connectivity index (χ0) is 21.3. The summed E-state index contributed by atoms with van der Waals surface area (Å²) in [4.78, 5) is 26.0. The maximum atomic E-state index is 15.1. The van der Waals surface area contributed by atoms with Gasteiger partial charge in [-0.25, -0.2) is 4.39 Å². The van der Waals surface area contributed by atoms with Gasteiger partial charge in [0.05, 0.1) is 17.8 Å². The first-order valence-corrected chi connectivity index (χ1v) is 9.74. The SMILES string of the molecule is Cc1cc2c(c(F)c1NC(=O)CCC(F)(F)F)OC(C)C(=O)N2CC1CCCC1. The van der Waals surface area contributed by atoms with E-state index >= 15 is 4.39 Å². The standard InChI is InChI=1S/C20H24F4N2O3/c1-11-9-14-18(16(21)17(11)25-15(27)7-8-20(22,23)24)29-12(2)19(28)26(14)10-13-5-3-4-6-13/h9,12-13H,3-8,10H2,1-2H3,(H,25,27). The van der Waals surface area contributed by atoms with Crippen molar-refractivity contribution in [3.63, 3.8) is 0 Å². The Morgan fingerprint density at radius 2 is 1.97 bits per heavy atom. The predicted molar refractivity (Wildman–Crippen MR) is 99.5 cm³/mol. The monoisotopic (exact) mass is 416 g/mol. The summed E-state index contributed by atoms with van der Waals surface area (Å²) in [5.41, 5.74) is 0.380. The molecule has 1 aromatic rings. The summed E-state index contributed by atoms with van der Waals surface area (Å²) in [6.45, 7) is 3.52. The Labute approximate surface area is 166 Å². The number of carbonyl (C=O) groups excluding carboxylic acids is 2. The van der Waals surface area contributed by atoms with Gasteiger partial charge in [0, 0.05) is 13.0 Å². The number of fused-ring (bicyclic) bond motifs is 1. The summed E-state index contributed by atoms with van der Waals surface area (Å²) in [6, 6.07) is 1.54. The van der Waals surface area contributed by atoms with E-state index in [1.165, 1.54) is 24.8 Å². The zero-order valence-corrected chi connectivity index (χ0v) is 16.4. The lowest BCUT2D eigenvalue weighted by Gasteiger charge is -2.35. The number of aryl methyl sites for hydroxylation is 1. The molecule has 0 aromatic heterocycles. The lowest BCUT2D eigenvalue weighted by atomic mass is 10.0. The lowest BCUT2D eigenvalue weighted by Crippen LogP contribution is -2.46. The first-order chi connectivity index (χ1) is 13.6. The van der Waals surface area contributed by atoms with Gasteiger partial charge in [0.1, 0.15) is 0 Å². The van der Waals surface area contributed by atoms with Crippen LogP contribution >= 0.6 is 0 Å². The number of ether oxygens (including phenoxy) is 1. The van der Waals surface area contributed by atoms with Gasteiger partial charge in [-0.3, -0.25) is 9.59 Å². The predicted octanol–water partition coefficient (Wildman–Crippen LogP) is 4.72. The average molecular weight is 416 g/mol. The summed E-state index contributed by atoms with van der Waals surface area (Å²) in [6.07, 6.45) is -3.25. The minimum atomic E-state index is -4.47. The van der Waals surface area contributed by atoms with E-state index < -0.39 is 36.8 Å². The van der Waals surface area contributed by atoms with Crippen LogP contribution in [0.15, 0.2) is 6.07 Å². The molecule has 29 heavy (non-hydrogen) atoms. The molecule has 1 aliphatic heterocycles. The number of hydrogen-bond donors (Lipinski definition) is 1. The van der Waals surface area contributed by atoms with E-state index in [9.17, 15) is 22.8 Å². The van der Waals surface area contributed by atoms with Crippen molar-refractivity contribution in [1.29, 1.82) is 0 Å². The average Bonchev–Trinajstić information content (AvgIpc) is 3.14. The number of alkyl halides is 3. The normalized spacial score (nSPS) is 19.9. The molecule has 1 atom stereocenters. The summed E-state index contributed by atoms with van der Waals surface area (Å²) in [5, 5.41) is 2.22. The molecule has 1 aromatic carbocycles. The van der Waals surface area contributed by atoms with Crippen LogP contribution in [0.4, 0.5) is 28.9 Å². The highest BCUT2D eigenvalue weighted by molar-refractivity contribution is 6.01. The number of halogens is 4. The molecule has 0 spiro atoms. The maximum Gasteiger partial charge on any atom is 0.389 e. The smallest absolute Gasteiger partial charge is 0.389 e. The van der Waals surface area contributed by atoms with E-state index in [0.29, 0.717) is 23.7 Å². The number of nitrogens with one attached hydrogen (secondary N) is 1. The second-order valence-corrected chi connectivity index (χ2v) is 7.75. The van der Waals surface area contributed by atoms with E-state index in [0.717, 1.165) is 25.7 Å². The highest BCUT2D eigenvalue weighted by Crippen LogP contribution is 2.42. The Hall–Kier alpha value is -2.32. The number of amides is 2. The molecule has 1 aliphatic carbocycles. The largest absolute Gasteiger partial charge is 0.476 e. The van der Waals surface area contributed by atoms with Crippen molar-refractivity contribution in [2.24, 2.45) is 5.92 Å². The Bertz CT molecular complexity index is 804. The fraction of sp³-hybridized carbons (Fsp3) is 0.600. The molecule has 5 nitrogen and oxygen atoms in total. The van der Waals surface area contributed by atoms with E-state index in [-0.39, 0.29) is 17.3 Å². The third-order valence-corrected chi connectivity index (χ3v) is 5.41. The number of anilines is 2. The molecular weight excluding hydrogens is 392 g/mol. The second-order valence-electron chi connectivity index (χ2n) is 7.75. The molecule has 2 amide bonds. The summed E-state index contributed by atoms with van der Waals surface area (Å²) >= 11 is 0. The van der Waals surface area contributed by atoms with E-state index in [1.807, 2.05) is 0 Å². The van der Waals surface area contributed by atoms with Crippen LogP contribution < -0.4 is 15.0 Å². The molecule has 1 saturated carbocycles. The minimum Gasteiger partial charge on any atom is -0.476 e. The first-order valence-electron chi connectivity index (χ1n) is 9.74. The van der Waals surface area contributed by atoms with Crippen molar-refractivity contribution in [1.82, 2.24) is 0 Å². The lowest BCUT2D eigenvalue weighted by molar-refractivity contribution is -0.142. The quantitative estimate of drug-likeness (QED) is 0.707. The first kappa shape index (κ1) is 21.4. The Morgan fingerprint density at radius 1 is 1.31 bits per heavy atom. The molecule has 0 radical (unpaired) electrons. The van der Waals surface area contributed by atoms with Crippen LogP contribution in [-0.2, 0) is 9.59 Å². The molecule has 2 aliphatic rings. The van der Waals surface area contributed by atoms with Crippen molar-refractivity contribution in [3.05, 3.63) is 17.4 Å². The van der Waals surface area contributed by atoms with Gasteiger partial charge in [-0.2, -0.15) is 13.2 Å². The van der Waals surface area contributed by atoms with E-state index in [4.69, 9.17) is 4.74 Å². The van der Waals surface area contributed by atoms with Crippen LogP contribution in [0.1, 0.15) is 51.0 Å². The van der Waals surface area contributed by atoms with Crippen LogP contribution in [0.5, 0.6) is 5.75 Å². The van der Waals surface area contributed by atoms with Gasteiger partial charge in [0.2, 0.25) is 5.91 Å². The molecule has 1 heterocycles. The fourth-order valence-electron chi connectivity index (χ4n) is 3.87. The van der Waals surface area contributed by atoms with Gasteiger partial charge >= 0.3 is 6.18 Å².